The molecule has 0 heterocycles. The molecule has 1 rings (SSSR count). The molecule has 0 saturated heterocycles. The van der Waals surface area contributed by atoms with Crippen molar-refractivity contribution in [1.29, 1.82) is 0 Å². The molecule has 98 valence electrons. The van der Waals surface area contributed by atoms with Crippen LogP contribution >= 0.6 is 0 Å². The van der Waals surface area contributed by atoms with Crippen LogP contribution in [-0.4, -0.2) is 36.1 Å². The first kappa shape index (κ1) is 16.1. The molecule has 0 amide bonds. The maximum Gasteiger partial charge on any atom is 0.104 e. The number of nitrogens with zero attached hydrogens (tertiary/aromatic N) is 1. The molecule has 0 bridgehead atoms. The first-order valence-electron chi connectivity index (χ1n) is 6.35. The highest BCUT2D eigenvalue weighted by molar-refractivity contribution is 5.13. The van der Waals surface area contributed by atoms with Crippen LogP contribution in [-0.2, 0) is 6.54 Å². The van der Waals surface area contributed by atoms with Crippen molar-refractivity contribution in [3.63, 3.8) is 0 Å². The number of benzene rings is 1. The SMILES string of the molecule is CC[N+](CC)(CCCN)Cc1ccccc1.[OH-]. The van der Waals surface area contributed by atoms with Gasteiger partial charge < -0.3 is 15.7 Å². The third-order valence-corrected chi connectivity index (χ3v) is 3.54. The summed E-state index contributed by atoms with van der Waals surface area (Å²) in [6, 6.07) is 10.8. The molecule has 0 atom stereocenters. The molecule has 0 aliphatic carbocycles. The summed E-state index contributed by atoms with van der Waals surface area (Å²) in [7, 11) is 0. The topological polar surface area (TPSA) is 56.0 Å². The molecule has 0 aliphatic rings. The molecule has 0 spiro atoms. The Bertz CT molecular complexity index is 284. The Labute approximate surface area is 105 Å². The molecule has 3 N–H and O–H groups in total. The second-order valence-corrected chi connectivity index (χ2v) is 4.48. The fourth-order valence-corrected chi connectivity index (χ4v) is 2.24. The largest absolute Gasteiger partial charge is 0.870 e. The van der Waals surface area contributed by atoms with Gasteiger partial charge in [0.05, 0.1) is 19.6 Å². The highest BCUT2D eigenvalue weighted by Gasteiger charge is 2.22. The third-order valence-electron chi connectivity index (χ3n) is 3.54. The van der Waals surface area contributed by atoms with Crippen LogP contribution in [0.1, 0.15) is 25.8 Å². The second kappa shape index (κ2) is 8.23. The van der Waals surface area contributed by atoms with Gasteiger partial charge in [0.15, 0.2) is 0 Å². The molecule has 0 saturated carbocycles. The van der Waals surface area contributed by atoms with E-state index in [4.69, 9.17) is 5.73 Å². The zero-order chi connectivity index (χ0) is 11.9. The Hall–Kier alpha value is -0.900. The van der Waals surface area contributed by atoms with Gasteiger partial charge >= 0.3 is 0 Å². The zero-order valence-corrected chi connectivity index (χ0v) is 11.1. The maximum atomic E-state index is 5.63. The van der Waals surface area contributed by atoms with Crippen molar-refractivity contribution in [2.75, 3.05) is 26.2 Å². The van der Waals surface area contributed by atoms with E-state index >= 15 is 0 Å². The number of rotatable bonds is 7. The van der Waals surface area contributed by atoms with Gasteiger partial charge in [0, 0.05) is 12.0 Å². The lowest BCUT2D eigenvalue weighted by Gasteiger charge is -2.37. The lowest BCUT2D eigenvalue weighted by Crippen LogP contribution is -2.48. The van der Waals surface area contributed by atoms with Gasteiger partial charge in [0.1, 0.15) is 6.54 Å². The summed E-state index contributed by atoms with van der Waals surface area (Å²) in [5, 5.41) is 0. The van der Waals surface area contributed by atoms with Crippen LogP contribution in [0.4, 0.5) is 0 Å². The van der Waals surface area contributed by atoms with Crippen LogP contribution in [0.5, 0.6) is 0 Å². The van der Waals surface area contributed by atoms with Gasteiger partial charge in [-0.2, -0.15) is 0 Å². The number of hydrogen-bond acceptors (Lipinski definition) is 2. The van der Waals surface area contributed by atoms with Crippen molar-refractivity contribution in [3.05, 3.63) is 35.9 Å². The predicted molar refractivity (Wildman–Crippen MR) is 72.0 cm³/mol. The lowest BCUT2D eigenvalue weighted by molar-refractivity contribution is -0.937. The van der Waals surface area contributed by atoms with Crippen LogP contribution in [0.15, 0.2) is 30.3 Å². The Morgan fingerprint density at radius 1 is 1.06 bits per heavy atom. The molecular weight excluding hydrogens is 212 g/mol. The summed E-state index contributed by atoms with van der Waals surface area (Å²) in [5.74, 6) is 0. The van der Waals surface area contributed by atoms with Gasteiger partial charge in [-0.3, -0.25) is 0 Å². The average molecular weight is 238 g/mol. The van der Waals surface area contributed by atoms with E-state index in [1.807, 2.05) is 0 Å². The Morgan fingerprint density at radius 2 is 1.65 bits per heavy atom. The van der Waals surface area contributed by atoms with E-state index in [1.54, 1.807) is 0 Å². The number of quaternary nitrogens is 1. The van der Waals surface area contributed by atoms with Gasteiger partial charge in [-0.25, -0.2) is 0 Å². The van der Waals surface area contributed by atoms with E-state index in [1.165, 1.54) is 25.2 Å². The minimum Gasteiger partial charge on any atom is -0.870 e. The fourth-order valence-electron chi connectivity index (χ4n) is 2.24. The van der Waals surface area contributed by atoms with Crippen LogP contribution < -0.4 is 5.73 Å². The van der Waals surface area contributed by atoms with E-state index in [9.17, 15) is 0 Å². The molecule has 1 aromatic rings. The summed E-state index contributed by atoms with van der Waals surface area (Å²) >= 11 is 0. The smallest absolute Gasteiger partial charge is 0.104 e. The van der Waals surface area contributed by atoms with Crippen molar-refractivity contribution in [2.24, 2.45) is 5.73 Å². The number of nitrogens with two attached hydrogens (primary N) is 1. The summed E-state index contributed by atoms with van der Waals surface area (Å²) in [6.45, 7) is 10.1. The zero-order valence-electron chi connectivity index (χ0n) is 11.1. The normalized spacial score (nSPS) is 11.0. The molecule has 0 unspecified atom stereocenters. The van der Waals surface area contributed by atoms with Crippen LogP contribution in [0.3, 0.4) is 0 Å². The van der Waals surface area contributed by atoms with Gasteiger partial charge in [0.2, 0.25) is 0 Å². The van der Waals surface area contributed by atoms with Crippen molar-refractivity contribution >= 4 is 0 Å². The Balaban J connectivity index is 0.00000256. The minimum absolute atomic E-state index is 0. The van der Waals surface area contributed by atoms with Crippen LogP contribution in [0.25, 0.3) is 0 Å². The first-order chi connectivity index (χ1) is 7.76. The summed E-state index contributed by atoms with van der Waals surface area (Å²) in [6.07, 6.45) is 1.12. The van der Waals surface area contributed by atoms with Crippen molar-refractivity contribution in [3.8, 4) is 0 Å². The van der Waals surface area contributed by atoms with Gasteiger partial charge in [0.25, 0.3) is 0 Å². The van der Waals surface area contributed by atoms with E-state index in [0.717, 1.165) is 24.0 Å². The molecule has 0 aliphatic heterocycles. The lowest BCUT2D eigenvalue weighted by atomic mass is 10.1. The van der Waals surface area contributed by atoms with E-state index in [2.05, 4.69) is 44.2 Å². The fraction of sp³-hybridized carbons (Fsp3) is 0.571. The quantitative estimate of drug-likeness (QED) is 0.740. The number of hydrogen-bond donors (Lipinski definition) is 1. The van der Waals surface area contributed by atoms with Gasteiger partial charge in [-0.05, 0) is 20.4 Å². The summed E-state index contributed by atoms with van der Waals surface area (Å²) in [4.78, 5) is 0. The van der Waals surface area contributed by atoms with E-state index in [0.29, 0.717) is 0 Å². The Morgan fingerprint density at radius 3 is 2.12 bits per heavy atom. The third kappa shape index (κ3) is 4.86. The maximum absolute atomic E-state index is 5.63. The highest BCUT2D eigenvalue weighted by atomic mass is 16.0. The van der Waals surface area contributed by atoms with Crippen LogP contribution in [0, 0.1) is 0 Å². The van der Waals surface area contributed by atoms with Gasteiger partial charge in [-0.1, -0.05) is 30.3 Å². The van der Waals surface area contributed by atoms with E-state index < -0.39 is 0 Å². The molecule has 1 aromatic carbocycles. The summed E-state index contributed by atoms with van der Waals surface area (Å²) < 4.78 is 1.15. The average Bonchev–Trinajstić information content (AvgIpc) is 2.36. The van der Waals surface area contributed by atoms with Crippen molar-refractivity contribution in [1.82, 2.24) is 0 Å². The highest BCUT2D eigenvalue weighted by Crippen LogP contribution is 2.14. The van der Waals surface area contributed by atoms with Crippen LogP contribution in [0.2, 0.25) is 0 Å². The standard InChI is InChI=1S/C14H25N2.H2O/c1-3-16(4-2,12-8-11-15)13-14-9-6-5-7-10-14;/h5-7,9-10H,3-4,8,11-13,15H2,1-2H3;1H2/q+1;/p-1. The minimum atomic E-state index is 0. The molecule has 0 fully saturated rings. The molecule has 0 aromatic heterocycles. The Kier molecular flexibility index (Phi) is 7.79. The molecule has 3 heteroatoms. The second-order valence-electron chi connectivity index (χ2n) is 4.48. The molecule has 17 heavy (non-hydrogen) atoms. The van der Waals surface area contributed by atoms with Crippen molar-refractivity contribution < 1.29 is 9.96 Å². The summed E-state index contributed by atoms with van der Waals surface area (Å²) in [5.41, 5.74) is 7.06. The first-order valence-corrected chi connectivity index (χ1v) is 6.35. The van der Waals surface area contributed by atoms with Gasteiger partial charge in [-0.15, -0.1) is 0 Å². The molecular formula is C14H26N2O. The van der Waals surface area contributed by atoms with Crippen molar-refractivity contribution in [2.45, 2.75) is 26.8 Å². The molecule has 0 radical (unpaired) electrons. The predicted octanol–water partition coefficient (Wildman–Crippen LogP) is 2.22. The van der Waals surface area contributed by atoms with E-state index in [-0.39, 0.29) is 5.48 Å². The monoisotopic (exact) mass is 238 g/mol. The molecule has 3 nitrogen and oxygen atoms in total.